The summed E-state index contributed by atoms with van der Waals surface area (Å²) in [6, 6.07) is 6.95. The van der Waals surface area contributed by atoms with Crippen molar-refractivity contribution in [1.29, 1.82) is 0 Å². The zero-order chi connectivity index (χ0) is 15.2. The molecule has 0 spiro atoms. The van der Waals surface area contributed by atoms with Crippen LogP contribution < -0.4 is 5.32 Å². The fraction of sp³-hybridized carbons (Fsp3) is 0.562. The summed E-state index contributed by atoms with van der Waals surface area (Å²) in [5.41, 5.74) is 0.787. The predicted octanol–water partition coefficient (Wildman–Crippen LogP) is 2.40. The van der Waals surface area contributed by atoms with Crippen LogP contribution in [0.1, 0.15) is 31.9 Å². The molecule has 0 radical (unpaired) electrons. The third-order valence-electron chi connectivity index (χ3n) is 4.01. The minimum Gasteiger partial charge on any atom is -0.508 e. The van der Waals surface area contributed by atoms with Crippen molar-refractivity contribution in [3.05, 3.63) is 29.8 Å². The van der Waals surface area contributed by atoms with E-state index in [2.05, 4.69) is 10.2 Å². The lowest BCUT2D eigenvalue weighted by molar-refractivity contribution is -0.126. The van der Waals surface area contributed by atoms with E-state index in [1.807, 2.05) is 37.7 Å². The Labute approximate surface area is 130 Å². The van der Waals surface area contributed by atoms with E-state index in [1.54, 1.807) is 12.1 Å². The van der Waals surface area contributed by atoms with Gasteiger partial charge >= 0.3 is 0 Å². The van der Waals surface area contributed by atoms with Crippen LogP contribution in [0.3, 0.4) is 0 Å². The Bertz CT molecular complexity index is 475. The van der Waals surface area contributed by atoms with Crippen molar-refractivity contribution in [2.45, 2.75) is 32.4 Å². The van der Waals surface area contributed by atoms with Crippen molar-refractivity contribution in [3.63, 3.8) is 0 Å². The maximum atomic E-state index is 12.5. The first-order chi connectivity index (χ1) is 10.1. The van der Waals surface area contributed by atoms with Gasteiger partial charge in [-0.25, -0.2) is 0 Å². The monoisotopic (exact) mass is 308 g/mol. The molecule has 1 aliphatic heterocycles. The van der Waals surface area contributed by atoms with Gasteiger partial charge in [0.15, 0.2) is 0 Å². The molecule has 0 unspecified atom stereocenters. The molecule has 1 amide bonds. The largest absolute Gasteiger partial charge is 0.508 e. The van der Waals surface area contributed by atoms with Gasteiger partial charge in [-0.3, -0.25) is 9.69 Å². The maximum absolute atomic E-state index is 12.5. The van der Waals surface area contributed by atoms with E-state index >= 15 is 0 Å². The van der Waals surface area contributed by atoms with Crippen molar-refractivity contribution >= 4 is 17.7 Å². The number of benzene rings is 1. The highest BCUT2D eigenvalue weighted by Crippen LogP contribution is 2.26. The highest BCUT2D eigenvalue weighted by molar-refractivity contribution is 7.99. The molecule has 1 saturated heterocycles. The summed E-state index contributed by atoms with van der Waals surface area (Å²) in [5.74, 6) is 2.46. The van der Waals surface area contributed by atoms with Gasteiger partial charge < -0.3 is 10.4 Å². The standard InChI is InChI=1S/C16H24N2O2S/c1-3-14(13-6-4-5-7-15(13)19)17-16(20)12(2)18-8-10-21-11-9-18/h4-7,12,14,19H,3,8-11H2,1-2H3,(H,17,20)/t12-,14-/m0/s1. The van der Waals surface area contributed by atoms with E-state index in [1.165, 1.54) is 0 Å². The van der Waals surface area contributed by atoms with Gasteiger partial charge in [-0.2, -0.15) is 11.8 Å². The minimum absolute atomic E-state index is 0.0389. The summed E-state index contributed by atoms with van der Waals surface area (Å²) in [7, 11) is 0. The summed E-state index contributed by atoms with van der Waals surface area (Å²) < 4.78 is 0. The lowest BCUT2D eigenvalue weighted by Gasteiger charge is -2.32. The number of carbonyl (C=O) groups excluding carboxylic acids is 1. The second kappa shape index (κ2) is 7.71. The normalized spacial score (nSPS) is 19.0. The number of amides is 1. The van der Waals surface area contributed by atoms with Gasteiger partial charge in [0.2, 0.25) is 5.91 Å². The first-order valence-corrected chi connectivity index (χ1v) is 8.69. The van der Waals surface area contributed by atoms with Gasteiger partial charge in [-0.1, -0.05) is 25.1 Å². The quantitative estimate of drug-likeness (QED) is 0.877. The smallest absolute Gasteiger partial charge is 0.237 e. The summed E-state index contributed by atoms with van der Waals surface area (Å²) >= 11 is 1.94. The fourth-order valence-corrected chi connectivity index (χ4v) is 3.54. The van der Waals surface area contributed by atoms with Crippen LogP contribution in [0.2, 0.25) is 0 Å². The summed E-state index contributed by atoms with van der Waals surface area (Å²) in [6.07, 6.45) is 0.756. The first-order valence-electron chi connectivity index (χ1n) is 7.53. The van der Waals surface area contributed by atoms with E-state index in [0.29, 0.717) is 0 Å². The molecule has 21 heavy (non-hydrogen) atoms. The zero-order valence-corrected chi connectivity index (χ0v) is 13.5. The van der Waals surface area contributed by atoms with E-state index < -0.39 is 0 Å². The predicted molar refractivity (Wildman–Crippen MR) is 87.6 cm³/mol. The topological polar surface area (TPSA) is 52.6 Å². The number of thioether (sulfide) groups is 1. The number of para-hydroxylation sites is 1. The molecule has 116 valence electrons. The third kappa shape index (κ3) is 4.14. The van der Waals surface area contributed by atoms with Crippen molar-refractivity contribution < 1.29 is 9.90 Å². The Hall–Kier alpha value is -1.20. The number of phenols is 1. The number of hydrogen-bond donors (Lipinski definition) is 2. The molecular weight excluding hydrogens is 284 g/mol. The highest BCUT2D eigenvalue weighted by atomic mass is 32.2. The van der Waals surface area contributed by atoms with Gasteiger partial charge in [-0.05, 0) is 19.4 Å². The minimum atomic E-state index is -0.139. The number of carbonyl (C=O) groups is 1. The number of nitrogens with zero attached hydrogens (tertiary/aromatic N) is 1. The second-order valence-electron chi connectivity index (χ2n) is 5.35. The molecular formula is C16H24N2O2S. The Morgan fingerprint density at radius 2 is 2.05 bits per heavy atom. The van der Waals surface area contributed by atoms with Crippen LogP contribution >= 0.6 is 11.8 Å². The molecule has 0 bridgehead atoms. The molecule has 1 aromatic rings. The Morgan fingerprint density at radius 3 is 2.67 bits per heavy atom. The molecule has 5 heteroatoms. The van der Waals surface area contributed by atoms with Gasteiger partial charge in [-0.15, -0.1) is 0 Å². The second-order valence-corrected chi connectivity index (χ2v) is 6.58. The maximum Gasteiger partial charge on any atom is 0.237 e. The number of aromatic hydroxyl groups is 1. The zero-order valence-electron chi connectivity index (χ0n) is 12.7. The molecule has 2 N–H and O–H groups in total. The van der Waals surface area contributed by atoms with Gasteiger partial charge in [0.25, 0.3) is 0 Å². The number of phenolic OH excluding ortho intramolecular Hbond substituents is 1. The van der Waals surface area contributed by atoms with Crippen LogP contribution in [-0.2, 0) is 4.79 Å². The molecule has 0 saturated carbocycles. The Kier molecular flexibility index (Phi) is 5.94. The van der Waals surface area contributed by atoms with Crippen molar-refractivity contribution in [3.8, 4) is 5.75 Å². The lowest BCUT2D eigenvalue weighted by Crippen LogP contribution is -2.48. The van der Waals surface area contributed by atoms with Crippen LogP contribution in [0.5, 0.6) is 5.75 Å². The Balaban J connectivity index is 2.01. The number of rotatable bonds is 5. The fourth-order valence-electron chi connectivity index (χ4n) is 2.60. The molecule has 1 aromatic carbocycles. The van der Waals surface area contributed by atoms with Crippen molar-refractivity contribution in [2.75, 3.05) is 24.6 Å². The van der Waals surface area contributed by atoms with Crippen LogP contribution in [0.25, 0.3) is 0 Å². The van der Waals surface area contributed by atoms with Crippen molar-refractivity contribution in [1.82, 2.24) is 10.2 Å². The lowest BCUT2D eigenvalue weighted by atomic mass is 10.0. The third-order valence-corrected chi connectivity index (χ3v) is 4.95. The van der Waals surface area contributed by atoms with E-state index in [-0.39, 0.29) is 23.7 Å². The Morgan fingerprint density at radius 1 is 1.38 bits per heavy atom. The van der Waals surface area contributed by atoms with Crippen LogP contribution in [0.4, 0.5) is 0 Å². The van der Waals surface area contributed by atoms with E-state index in [0.717, 1.165) is 36.6 Å². The molecule has 2 rings (SSSR count). The SMILES string of the molecule is CC[C@H](NC(=O)[C@H](C)N1CCSCC1)c1ccccc1O. The molecule has 4 nitrogen and oxygen atoms in total. The van der Waals surface area contributed by atoms with Crippen molar-refractivity contribution in [2.24, 2.45) is 0 Å². The molecule has 0 aromatic heterocycles. The van der Waals surface area contributed by atoms with E-state index in [9.17, 15) is 9.90 Å². The summed E-state index contributed by atoms with van der Waals surface area (Å²) in [5, 5.41) is 13.0. The summed E-state index contributed by atoms with van der Waals surface area (Å²) in [6.45, 7) is 5.90. The molecule has 0 aliphatic carbocycles. The first kappa shape index (κ1) is 16.2. The molecule has 1 aliphatic rings. The highest BCUT2D eigenvalue weighted by Gasteiger charge is 2.25. The van der Waals surface area contributed by atoms with E-state index in [4.69, 9.17) is 0 Å². The average Bonchev–Trinajstić information content (AvgIpc) is 2.53. The van der Waals surface area contributed by atoms with Gasteiger partial charge in [0, 0.05) is 30.2 Å². The van der Waals surface area contributed by atoms with Gasteiger partial charge in [0.05, 0.1) is 12.1 Å². The molecule has 1 heterocycles. The van der Waals surface area contributed by atoms with Crippen LogP contribution in [-0.4, -0.2) is 46.6 Å². The molecule has 1 fully saturated rings. The number of nitrogens with one attached hydrogen (secondary N) is 1. The molecule has 2 atom stereocenters. The average molecular weight is 308 g/mol. The van der Waals surface area contributed by atoms with Crippen LogP contribution in [0, 0.1) is 0 Å². The van der Waals surface area contributed by atoms with Gasteiger partial charge in [0.1, 0.15) is 5.75 Å². The summed E-state index contributed by atoms with van der Waals surface area (Å²) in [4.78, 5) is 14.7. The number of hydrogen-bond acceptors (Lipinski definition) is 4. The van der Waals surface area contributed by atoms with Crippen LogP contribution in [0.15, 0.2) is 24.3 Å².